The third-order valence-electron chi connectivity index (χ3n) is 6.58. The van der Waals surface area contributed by atoms with Crippen molar-refractivity contribution in [3.8, 4) is 0 Å². The minimum atomic E-state index is -0.103. The first-order valence-electron chi connectivity index (χ1n) is 11.0. The van der Waals surface area contributed by atoms with Crippen molar-refractivity contribution in [2.75, 3.05) is 26.0 Å². The van der Waals surface area contributed by atoms with Gasteiger partial charge in [-0.2, -0.15) is 10.1 Å². The second kappa shape index (κ2) is 8.26. The Morgan fingerprint density at radius 1 is 1.16 bits per heavy atom. The molecule has 1 saturated carbocycles. The average molecular weight is 421 g/mol. The summed E-state index contributed by atoms with van der Waals surface area (Å²) in [6.07, 6.45) is 8.15. The number of likely N-dealkylation sites (N-methyl/N-ethyl adjacent to an activating group) is 1. The van der Waals surface area contributed by atoms with E-state index in [0.717, 1.165) is 61.9 Å². The van der Waals surface area contributed by atoms with Crippen LogP contribution in [0, 0.1) is 5.92 Å². The van der Waals surface area contributed by atoms with Crippen molar-refractivity contribution in [1.29, 1.82) is 0 Å². The predicted molar refractivity (Wildman–Crippen MR) is 118 cm³/mol. The lowest BCUT2D eigenvalue weighted by Gasteiger charge is -2.27. The molecule has 5 rings (SSSR count). The lowest BCUT2D eigenvalue weighted by Crippen LogP contribution is -2.26. The largest absolute Gasteiger partial charge is 0.469 e. The van der Waals surface area contributed by atoms with Crippen LogP contribution in [0.25, 0.3) is 11.0 Å². The highest BCUT2D eigenvalue weighted by atomic mass is 16.5. The third kappa shape index (κ3) is 3.99. The number of anilines is 2. The molecule has 1 aliphatic heterocycles. The van der Waals surface area contributed by atoms with Gasteiger partial charge in [0.2, 0.25) is 5.95 Å². The highest BCUT2D eigenvalue weighted by molar-refractivity contribution is 5.75. The topological polar surface area (TPSA) is 85.2 Å². The summed E-state index contributed by atoms with van der Waals surface area (Å²) in [6, 6.07) is 6.74. The van der Waals surface area contributed by atoms with Crippen LogP contribution in [-0.4, -0.2) is 51.3 Å². The number of nitrogens with zero attached hydrogens (tertiary/aromatic N) is 5. The SMILES string of the molecule is COC(=O)C1CCC(n2ncc3cnc(Nc4ccc5c(c4)CN(C)CC5)nc32)CC1. The van der Waals surface area contributed by atoms with Crippen molar-refractivity contribution in [1.82, 2.24) is 24.6 Å². The number of rotatable bonds is 4. The number of carbonyl (C=O) groups is 1. The zero-order valence-electron chi connectivity index (χ0n) is 18.0. The van der Waals surface area contributed by atoms with E-state index in [0.29, 0.717) is 5.95 Å². The van der Waals surface area contributed by atoms with Crippen LogP contribution in [0.5, 0.6) is 0 Å². The molecule has 0 radical (unpaired) electrons. The molecule has 1 N–H and O–H groups in total. The number of hydrogen-bond donors (Lipinski definition) is 1. The molecule has 0 saturated heterocycles. The zero-order valence-corrected chi connectivity index (χ0v) is 18.0. The monoisotopic (exact) mass is 420 g/mol. The fourth-order valence-electron chi connectivity index (χ4n) is 4.79. The summed E-state index contributed by atoms with van der Waals surface area (Å²) in [6.45, 7) is 2.07. The predicted octanol–water partition coefficient (Wildman–Crippen LogP) is 3.46. The quantitative estimate of drug-likeness (QED) is 0.647. The summed E-state index contributed by atoms with van der Waals surface area (Å²) in [7, 11) is 3.61. The number of methoxy groups -OCH3 is 1. The maximum atomic E-state index is 11.8. The maximum absolute atomic E-state index is 11.8. The van der Waals surface area contributed by atoms with Crippen LogP contribution in [0.2, 0.25) is 0 Å². The Hall–Kier alpha value is -3.00. The van der Waals surface area contributed by atoms with Crippen molar-refractivity contribution >= 4 is 28.6 Å². The second-order valence-electron chi connectivity index (χ2n) is 8.69. The van der Waals surface area contributed by atoms with Gasteiger partial charge in [0, 0.05) is 25.0 Å². The Kier molecular flexibility index (Phi) is 5.31. The summed E-state index contributed by atoms with van der Waals surface area (Å²) in [5.41, 5.74) is 4.60. The molecule has 162 valence electrons. The lowest BCUT2D eigenvalue weighted by atomic mass is 9.86. The normalized spacial score (nSPS) is 21.6. The number of carbonyl (C=O) groups excluding carboxylic acids is 1. The summed E-state index contributed by atoms with van der Waals surface area (Å²) < 4.78 is 6.90. The van der Waals surface area contributed by atoms with Gasteiger partial charge in [0.15, 0.2) is 5.65 Å². The van der Waals surface area contributed by atoms with Gasteiger partial charge in [0.05, 0.1) is 30.7 Å². The molecule has 0 spiro atoms. The van der Waals surface area contributed by atoms with Gasteiger partial charge in [-0.05, 0) is 62.4 Å². The molecule has 2 aliphatic rings. The Labute approximate surface area is 181 Å². The van der Waals surface area contributed by atoms with Gasteiger partial charge >= 0.3 is 5.97 Å². The zero-order chi connectivity index (χ0) is 21.4. The summed E-state index contributed by atoms with van der Waals surface area (Å²) >= 11 is 0. The Morgan fingerprint density at radius 2 is 2.00 bits per heavy atom. The first-order valence-corrected chi connectivity index (χ1v) is 11.0. The minimum Gasteiger partial charge on any atom is -0.469 e. The van der Waals surface area contributed by atoms with E-state index in [1.165, 1.54) is 18.2 Å². The van der Waals surface area contributed by atoms with E-state index in [4.69, 9.17) is 9.72 Å². The van der Waals surface area contributed by atoms with Crippen molar-refractivity contribution in [3.63, 3.8) is 0 Å². The fourth-order valence-corrected chi connectivity index (χ4v) is 4.79. The van der Waals surface area contributed by atoms with Crippen molar-refractivity contribution in [2.24, 2.45) is 5.92 Å². The molecule has 0 amide bonds. The van der Waals surface area contributed by atoms with Crippen LogP contribution in [0.3, 0.4) is 0 Å². The Morgan fingerprint density at radius 3 is 2.81 bits per heavy atom. The van der Waals surface area contributed by atoms with Crippen LogP contribution in [0.4, 0.5) is 11.6 Å². The van der Waals surface area contributed by atoms with Crippen molar-refractivity contribution in [2.45, 2.75) is 44.7 Å². The van der Waals surface area contributed by atoms with E-state index >= 15 is 0 Å². The Bertz CT molecular complexity index is 1100. The third-order valence-corrected chi connectivity index (χ3v) is 6.58. The smallest absolute Gasteiger partial charge is 0.308 e. The molecular formula is C23H28N6O2. The molecule has 0 atom stereocenters. The number of ether oxygens (including phenoxy) is 1. The van der Waals surface area contributed by atoms with E-state index < -0.39 is 0 Å². The van der Waals surface area contributed by atoms with Gasteiger partial charge in [-0.3, -0.25) is 4.79 Å². The number of hydrogen-bond acceptors (Lipinski definition) is 7. The molecule has 0 unspecified atom stereocenters. The molecule has 2 aromatic heterocycles. The molecule has 3 aromatic rings. The molecule has 31 heavy (non-hydrogen) atoms. The maximum Gasteiger partial charge on any atom is 0.308 e. The molecule has 1 aromatic carbocycles. The number of fused-ring (bicyclic) bond motifs is 2. The van der Waals surface area contributed by atoms with Crippen LogP contribution in [-0.2, 0) is 22.5 Å². The van der Waals surface area contributed by atoms with Gasteiger partial charge in [0.25, 0.3) is 0 Å². The van der Waals surface area contributed by atoms with Gasteiger partial charge in [-0.1, -0.05) is 6.07 Å². The average Bonchev–Trinajstić information content (AvgIpc) is 3.21. The Balaban J connectivity index is 1.35. The molecule has 8 nitrogen and oxygen atoms in total. The summed E-state index contributed by atoms with van der Waals surface area (Å²) in [4.78, 5) is 23.4. The molecule has 0 bridgehead atoms. The summed E-state index contributed by atoms with van der Waals surface area (Å²) in [5, 5.41) is 8.88. The van der Waals surface area contributed by atoms with Crippen LogP contribution in [0.15, 0.2) is 30.6 Å². The number of nitrogens with one attached hydrogen (secondary N) is 1. The molecule has 1 aliphatic carbocycles. The van der Waals surface area contributed by atoms with Crippen LogP contribution >= 0.6 is 0 Å². The van der Waals surface area contributed by atoms with Gasteiger partial charge in [-0.15, -0.1) is 0 Å². The summed E-state index contributed by atoms with van der Waals surface area (Å²) in [5.74, 6) is 0.466. The van der Waals surface area contributed by atoms with E-state index in [1.54, 1.807) is 0 Å². The second-order valence-corrected chi connectivity index (χ2v) is 8.69. The van der Waals surface area contributed by atoms with E-state index in [1.807, 2.05) is 17.1 Å². The van der Waals surface area contributed by atoms with Gasteiger partial charge in [0.1, 0.15) is 0 Å². The van der Waals surface area contributed by atoms with Crippen LogP contribution in [0.1, 0.15) is 42.9 Å². The highest BCUT2D eigenvalue weighted by Gasteiger charge is 2.29. The first kappa shape index (κ1) is 19.9. The van der Waals surface area contributed by atoms with E-state index in [-0.39, 0.29) is 17.9 Å². The van der Waals surface area contributed by atoms with Gasteiger partial charge < -0.3 is 15.0 Å². The van der Waals surface area contributed by atoms with Gasteiger partial charge in [-0.25, -0.2) is 9.67 Å². The van der Waals surface area contributed by atoms with Crippen LogP contribution < -0.4 is 5.32 Å². The standard InChI is InChI=1S/C23H28N6O2/c1-28-10-9-15-3-6-19(11-17(15)14-28)26-23-24-12-18-13-25-29(21(18)27-23)20-7-4-16(5-8-20)22(30)31-2/h3,6,11-13,16,20H,4-5,7-10,14H2,1-2H3,(H,24,26,27). The number of esters is 1. The molecule has 3 heterocycles. The number of benzene rings is 1. The first-order chi connectivity index (χ1) is 15.1. The van der Waals surface area contributed by atoms with E-state index in [9.17, 15) is 4.79 Å². The lowest BCUT2D eigenvalue weighted by molar-refractivity contribution is -0.146. The molecular weight excluding hydrogens is 392 g/mol. The fraction of sp³-hybridized carbons (Fsp3) is 0.478. The molecule has 8 heteroatoms. The van der Waals surface area contributed by atoms with Crippen molar-refractivity contribution < 1.29 is 9.53 Å². The highest BCUT2D eigenvalue weighted by Crippen LogP contribution is 2.34. The minimum absolute atomic E-state index is 0.00187. The van der Waals surface area contributed by atoms with E-state index in [2.05, 4.69) is 45.5 Å². The number of aromatic nitrogens is 4. The molecule has 1 fully saturated rings. The van der Waals surface area contributed by atoms with Crippen molar-refractivity contribution in [3.05, 3.63) is 41.7 Å².